The number of amides is 4. The Morgan fingerprint density at radius 2 is 2.05 bits per heavy atom. The van der Waals surface area contributed by atoms with E-state index in [0.717, 1.165) is 16.9 Å². The molecular weight excluding hydrogens is 282 g/mol. The van der Waals surface area contributed by atoms with Crippen LogP contribution in [-0.2, 0) is 9.59 Å². The van der Waals surface area contributed by atoms with Gasteiger partial charge in [-0.2, -0.15) is 0 Å². The molecule has 0 radical (unpaired) electrons. The molecule has 1 aromatic carbocycles. The molecule has 1 saturated heterocycles. The van der Waals surface area contributed by atoms with Crippen LogP contribution in [0.25, 0.3) is 0 Å². The molecule has 1 unspecified atom stereocenters. The van der Waals surface area contributed by atoms with Gasteiger partial charge in [-0.1, -0.05) is 37.3 Å². The van der Waals surface area contributed by atoms with E-state index in [-0.39, 0.29) is 37.4 Å². The first-order valence-electron chi connectivity index (χ1n) is 7.51. The maximum Gasteiger partial charge on any atom is 0.324 e. The molecule has 22 heavy (non-hydrogen) atoms. The first kappa shape index (κ1) is 16.0. The molecule has 6 nitrogen and oxygen atoms in total. The number of urea groups is 1. The molecule has 0 aromatic heterocycles. The summed E-state index contributed by atoms with van der Waals surface area (Å²) in [7, 11) is 0. The van der Waals surface area contributed by atoms with Crippen molar-refractivity contribution in [3.8, 4) is 0 Å². The van der Waals surface area contributed by atoms with E-state index in [9.17, 15) is 14.4 Å². The zero-order valence-electron chi connectivity index (χ0n) is 12.7. The predicted molar refractivity (Wildman–Crippen MR) is 82.2 cm³/mol. The van der Waals surface area contributed by atoms with E-state index in [4.69, 9.17) is 0 Å². The minimum absolute atomic E-state index is 0.0404. The van der Waals surface area contributed by atoms with Crippen LogP contribution in [0.4, 0.5) is 4.79 Å². The van der Waals surface area contributed by atoms with E-state index in [2.05, 4.69) is 17.6 Å². The highest BCUT2D eigenvalue weighted by Gasteiger charge is 2.27. The minimum Gasteiger partial charge on any atom is -0.354 e. The summed E-state index contributed by atoms with van der Waals surface area (Å²) in [6, 6.07) is 9.54. The van der Waals surface area contributed by atoms with Crippen LogP contribution in [0, 0.1) is 0 Å². The smallest absolute Gasteiger partial charge is 0.324 e. The van der Waals surface area contributed by atoms with E-state index in [1.165, 1.54) is 0 Å². The maximum atomic E-state index is 12.0. The molecule has 2 rings (SSSR count). The molecule has 0 bridgehead atoms. The Labute approximate surface area is 129 Å². The molecule has 0 spiro atoms. The second-order valence-corrected chi connectivity index (χ2v) is 5.27. The van der Waals surface area contributed by atoms with Crippen LogP contribution >= 0.6 is 0 Å². The monoisotopic (exact) mass is 303 g/mol. The number of hydrogen-bond donors (Lipinski definition) is 2. The molecule has 1 fully saturated rings. The zero-order valence-corrected chi connectivity index (χ0v) is 12.7. The van der Waals surface area contributed by atoms with E-state index in [1.807, 2.05) is 30.3 Å². The van der Waals surface area contributed by atoms with Crippen LogP contribution < -0.4 is 10.6 Å². The first-order valence-corrected chi connectivity index (χ1v) is 7.51. The Balaban J connectivity index is 1.77. The standard InChI is InChI=1S/C16H21N3O3/c1-2-12(13-6-4-3-5-7-13)10-14(20)17-8-9-19-15(21)11-18-16(19)22/h3-7,12H,2,8-11H2,1H3,(H,17,20)(H,18,22). The minimum atomic E-state index is -0.394. The van der Waals surface area contributed by atoms with Crippen LogP contribution in [0.1, 0.15) is 31.2 Å². The molecule has 0 aliphatic carbocycles. The molecule has 6 heteroatoms. The Morgan fingerprint density at radius 1 is 1.32 bits per heavy atom. The van der Waals surface area contributed by atoms with E-state index >= 15 is 0 Å². The summed E-state index contributed by atoms with van der Waals surface area (Å²) in [5, 5.41) is 5.22. The lowest BCUT2D eigenvalue weighted by Gasteiger charge is -2.16. The van der Waals surface area contributed by atoms with Gasteiger partial charge in [-0.05, 0) is 17.9 Å². The van der Waals surface area contributed by atoms with Gasteiger partial charge in [0.15, 0.2) is 0 Å². The third-order valence-electron chi connectivity index (χ3n) is 3.79. The molecule has 2 N–H and O–H groups in total. The summed E-state index contributed by atoms with van der Waals surface area (Å²) in [5.74, 6) is -0.143. The van der Waals surface area contributed by atoms with Crippen LogP contribution in [0.5, 0.6) is 0 Å². The number of hydrogen-bond acceptors (Lipinski definition) is 3. The number of imide groups is 1. The summed E-state index contributed by atoms with van der Waals surface area (Å²) < 4.78 is 0. The number of nitrogens with zero attached hydrogens (tertiary/aromatic N) is 1. The molecule has 1 aliphatic heterocycles. The topological polar surface area (TPSA) is 78.5 Å². The number of rotatable bonds is 7. The van der Waals surface area contributed by atoms with Gasteiger partial charge in [-0.3, -0.25) is 14.5 Å². The molecule has 1 heterocycles. The van der Waals surface area contributed by atoms with E-state index < -0.39 is 6.03 Å². The quantitative estimate of drug-likeness (QED) is 0.744. The van der Waals surface area contributed by atoms with E-state index in [1.54, 1.807) is 0 Å². The fourth-order valence-electron chi connectivity index (χ4n) is 2.51. The summed E-state index contributed by atoms with van der Waals surface area (Å²) in [4.78, 5) is 35.9. The molecular formula is C16H21N3O3. The Bertz CT molecular complexity index is 529. The first-order chi connectivity index (χ1) is 10.6. The summed E-state index contributed by atoms with van der Waals surface area (Å²) in [5.41, 5.74) is 1.15. The number of nitrogens with one attached hydrogen (secondary N) is 2. The highest BCUT2D eigenvalue weighted by Crippen LogP contribution is 2.22. The maximum absolute atomic E-state index is 12.0. The number of carbonyl (C=O) groups excluding carboxylic acids is 3. The molecule has 1 atom stereocenters. The fraction of sp³-hybridized carbons (Fsp3) is 0.438. The van der Waals surface area contributed by atoms with Gasteiger partial charge in [0.25, 0.3) is 0 Å². The van der Waals surface area contributed by atoms with Gasteiger partial charge < -0.3 is 10.6 Å². The third-order valence-corrected chi connectivity index (χ3v) is 3.79. The SMILES string of the molecule is CCC(CC(=O)NCCN1C(=O)CNC1=O)c1ccccc1. The highest BCUT2D eigenvalue weighted by atomic mass is 16.2. The van der Waals surface area contributed by atoms with Gasteiger partial charge in [0.2, 0.25) is 11.8 Å². The Kier molecular flexibility index (Phi) is 5.52. The van der Waals surface area contributed by atoms with Crippen molar-refractivity contribution in [1.29, 1.82) is 0 Å². The lowest BCUT2D eigenvalue weighted by Crippen LogP contribution is -2.38. The molecule has 4 amide bonds. The van der Waals surface area contributed by atoms with Crippen molar-refractivity contribution in [3.05, 3.63) is 35.9 Å². The van der Waals surface area contributed by atoms with Crippen molar-refractivity contribution in [2.45, 2.75) is 25.7 Å². The van der Waals surface area contributed by atoms with E-state index in [0.29, 0.717) is 6.42 Å². The zero-order chi connectivity index (χ0) is 15.9. The highest BCUT2D eigenvalue weighted by molar-refractivity contribution is 6.01. The third kappa shape index (κ3) is 4.07. The summed E-state index contributed by atoms with van der Waals surface area (Å²) >= 11 is 0. The van der Waals surface area contributed by atoms with Crippen LogP contribution in [-0.4, -0.2) is 42.4 Å². The summed E-state index contributed by atoms with van der Waals surface area (Å²) in [6.07, 6.45) is 1.28. The van der Waals surface area contributed by atoms with Gasteiger partial charge in [0, 0.05) is 19.5 Å². The second kappa shape index (κ2) is 7.59. The van der Waals surface area contributed by atoms with Crippen molar-refractivity contribution in [1.82, 2.24) is 15.5 Å². The van der Waals surface area contributed by atoms with Gasteiger partial charge in [0.05, 0.1) is 6.54 Å². The van der Waals surface area contributed by atoms with Gasteiger partial charge in [-0.25, -0.2) is 4.79 Å². The second-order valence-electron chi connectivity index (χ2n) is 5.27. The van der Waals surface area contributed by atoms with Crippen molar-refractivity contribution < 1.29 is 14.4 Å². The Morgan fingerprint density at radius 3 is 2.64 bits per heavy atom. The lowest BCUT2D eigenvalue weighted by molar-refractivity contribution is -0.126. The van der Waals surface area contributed by atoms with Crippen molar-refractivity contribution in [2.24, 2.45) is 0 Å². The Hall–Kier alpha value is -2.37. The van der Waals surface area contributed by atoms with Crippen molar-refractivity contribution in [2.75, 3.05) is 19.6 Å². The predicted octanol–water partition coefficient (Wildman–Crippen LogP) is 1.24. The average Bonchev–Trinajstić information content (AvgIpc) is 2.85. The molecule has 1 aliphatic rings. The summed E-state index contributed by atoms with van der Waals surface area (Å²) in [6.45, 7) is 2.58. The van der Waals surface area contributed by atoms with Crippen molar-refractivity contribution >= 4 is 17.8 Å². The molecule has 118 valence electrons. The van der Waals surface area contributed by atoms with Gasteiger partial charge >= 0.3 is 6.03 Å². The van der Waals surface area contributed by atoms with Crippen LogP contribution in [0.15, 0.2) is 30.3 Å². The normalized spacial score (nSPS) is 15.6. The average molecular weight is 303 g/mol. The molecule has 0 saturated carbocycles. The van der Waals surface area contributed by atoms with Gasteiger partial charge in [-0.15, -0.1) is 0 Å². The lowest BCUT2D eigenvalue weighted by atomic mass is 9.93. The van der Waals surface area contributed by atoms with Crippen LogP contribution in [0.3, 0.4) is 0 Å². The van der Waals surface area contributed by atoms with Crippen LogP contribution in [0.2, 0.25) is 0 Å². The fourth-order valence-corrected chi connectivity index (χ4v) is 2.51. The van der Waals surface area contributed by atoms with Crippen molar-refractivity contribution in [3.63, 3.8) is 0 Å². The van der Waals surface area contributed by atoms with Gasteiger partial charge in [0.1, 0.15) is 0 Å². The number of benzene rings is 1. The number of carbonyl (C=O) groups is 3. The molecule has 1 aromatic rings. The largest absolute Gasteiger partial charge is 0.354 e.